The van der Waals surface area contributed by atoms with Crippen LogP contribution in [0.4, 0.5) is 0 Å². The van der Waals surface area contributed by atoms with Gasteiger partial charge in [0.25, 0.3) is 0 Å². The lowest BCUT2D eigenvalue weighted by Crippen LogP contribution is -2.25. The Balaban J connectivity index is 2.03. The van der Waals surface area contributed by atoms with Crippen molar-refractivity contribution in [2.24, 2.45) is 11.8 Å². The molecule has 1 saturated carbocycles. The van der Waals surface area contributed by atoms with E-state index in [-0.39, 0.29) is 0 Å². The summed E-state index contributed by atoms with van der Waals surface area (Å²) in [6.45, 7) is 0. The molecule has 1 fully saturated rings. The second-order valence-corrected chi connectivity index (χ2v) is 3.81. The summed E-state index contributed by atoms with van der Waals surface area (Å²) in [5.41, 5.74) is 0. The Morgan fingerprint density at radius 1 is 1.00 bits per heavy atom. The van der Waals surface area contributed by atoms with E-state index in [1.165, 1.54) is 23.5 Å². The molecule has 0 aromatic carbocycles. The van der Waals surface area contributed by atoms with Gasteiger partial charge in [-0.15, -0.1) is 0 Å². The lowest BCUT2D eigenvalue weighted by Gasteiger charge is -2.32. The molecule has 0 amide bonds. The van der Waals surface area contributed by atoms with Crippen molar-refractivity contribution in [3.8, 4) is 0 Å². The fraction of sp³-hybridized carbons (Fsp3) is 1.00. The molecule has 0 radical (unpaired) electrons. The van der Waals surface area contributed by atoms with Crippen LogP contribution >= 0.6 is 31.9 Å². The second kappa shape index (κ2) is 3.21. The standard InChI is InChI=1S/C6H10Br2/c7-3-5-1-6(2-5)4-8/h5-6H,1-4H2. The molecule has 0 nitrogen and oxygen atoms in total. The van der Waals surface area contributed by atoms with E-state index in [0.717, 1.165) is 11.8 Å². The number of rotatable bonds is 2. The molecule has 0 heterocycles. The van der Waals surface area contributed by atoms with Crippen LogP contribution in [0.25, 0.3) is 0 Å². The topological polar surface area (TPSA) is 0 Å². The first-order valence-corrected chi connectivity index (χ1v) is 5.23. The van der Waals surface area contributed by atoms with Gasteiger partial charge in [-0.1, -0.05) is 31.9 Å². The monoisotopic (exact) mass is 240 g/mol. The quantitative estimate of drug-likeness (QED) is 0.653. The zero-order chi connectivity index (χ0) is 5.98. The molecule has 0 saturated heterocycles. The highest BCUT2D eigenvalue weighted by molar-refractivity contribution is 9.09. The first-order valence-electron chi connectivity index (χ1n) is 2.98. The fourth-order valence-electron chi connectivity index (χ4n) is 1.13. The van der Waals surface area contributed by atoms with E-state index in [0.29, 0.717) is 0 Å². The summed E-state index contributed by atoms with van der Waals surface area (Å²) in [6.07, 6.45) is 2.85. The van der Waals surface area contributed by atoms with Gasteiger partial charge in [-0.25, -0.2) is 0 Å². The Morgan fingerprint density at radius 2 is 1.38 bits per heavy atom. The Labute approximate surface area is 67.3 Å². The highest BCUT2D eigenvalue weighted by atomic mass is 79.9. The van der Waals surface area contributed by atoms with E-state index in [1.807, 2.05) is 0 Å². The molecule has 1 rings (SSSR count). The SMILES string of the molecule is BrCC1CC(CBr)C1. The number of hydrogen-bond donors (Lipinski definition) is 0. The summed E-state index contributed by atoms with van der Waals surface area (Å²) in [5.74, 6) is 1.97. The molecule has 0 atom stereocenters. The van der Waals surface area contributed by atoms with Gasteiger partial charge in [0.05, 0.1) is 0 Å². The van der Waals surface area contributed by atoms with Gasteiger partial charge in [0, 0.05) is 10.7 Å². The van der Waals surface area contributed by atoms with Gasteiger partial charge in [0.2, 0.25) is 0 Å². The number of hydrogen-bond acceptors (Lipinski definition) is 0. The molecule has 0 spiro atoms. The Morgan fingerprint density at radius 3 is 1.62 bits per heavy atom. The van der Waals surface area contributed by atoms with Crippen molar-refractivity contribution >= 4 is 31.9 Å². The van der Waals surface area contributed by atoms with Gasteiger partial charge in [-0.2, -0.15) is 0 Å². The summed E-state index contributed by atoms with van der Waals surface area (Å²) in [7, 11) is 0. The minimum atomic E-state index is 0.984. The zero-order valence-electron chi connectivity index (χ0n) is 4.74. The average Bonchev–Trinajstić information content (AvgIpc) is 1.65. The van der Waals surface area contributed by atoms with Crippen molar-refractivity contribution in [1.82, 2.24) is 0 Å². The van der Waals surface area contributed by atoms with Crippen LogP contribution in [-0.4, -0.2) is 10.7 Å². The molecule has 0 N–H and O–H groups in total. The lowest BCUT2D eigenvalue weighted by atomic mass is 9.77. The fourth-order valence-corrected chi connectivity index (χ4v) is 2.18. The smallest absolute Gasteiger partial charge is 0.00598 e. The molecule has 1 aliphatic carbocycles. The first kappa shape index (κ1) is 7.07. The van der Waals surface area contributed by atoms with Crippen LogP contribution in [0, 0.1) is 11.8 Å². The molecule has 8 heavy (non-hydrogen) atoms. The molecule has 2 heteroatoms. The lowest BCUT2D eigenvalue weighted by molar-refractivity contribution is 0.246. The second-order valence-electron chi connectivity index (χ2n) is 2.51. The molecular weight excluding hydrogens is 232 g/mol. The van der Waals surface area contributed by atoms with Crippen molar-refractivity contribution in [3.63, 3.8) is 0 Å². The van der Waals surface area contributed by atoms with E-state index in [4.69, 9.17) is 0 Å². The Hall–Kier alpha value is 0.960. The van der Waals surface area contributed by atoms with E-state index in [2.05, 4.69) is 31.9 Å². The van der Waals surface area contributed by atoms with Crippen LogP contribution < -0.4 is 0 Å². The summed E-state index contributed by atoms with van der Waals surface area (Å²) in [4.78, 5) is 0. The maximum atomic E-state index is 3.47. The van der Waals surface area contributed by atoms with Gasteiger partial charge < -0.3 is 0 Å². The van der Waals surface area contributed by atoms with E-state index in [1.54, 1.807) is 0 Å². The van der Waals surface area contributed by atoms with Crippen LogP contribution in [0.1, 0.15) is 12.8 Å². The molecule has 0 aromatic rings. The first-order chi connectivity index (χ1) is 3.86. The van der Waals surface area contributed by atoms with Gasteiger partial charge >= 0.3 is 0 Å². The molecule has 0 bridgehead atoms. The van der Waals surface area contributed by atoms with Gasteiger partial charge in [0.1, 0.15) is 0 Å². The Kier molecular flexibility index (Phi) is 2.84. The molecule has 0 aliphatic heterocycles. The van der Waals surface area contributed by atoms with E-state index in [9.17, 15) is 0 Å². The van der Waals surface area contributed by atoms with Gasteiger partial charge in [0.15, 0.2) is 0 Å². The third-order valence-electron chi connectivity index (χ3n) is 1.77. The van der Waals surface area contributed by atoms with E-state index < -0.39 is 0 Å². The van der Waals surface area contributed by atoms with Crippen molar-refractivity contribution in [1.29, 1.82) is 0 Å². The highest BCUT2D eigenvalue weighted by Gasteiger charge is 2.26. The van der Waals surface area contributed by atoms with Crippen molar-refractivity contribution in [2.75, 3.05) is 10.7 Å². The van der Waals surface area contributed by atoms with Crippen LogP contribution in [-0.2, 0) is 0 Å². The molecule has 1 aliphatic rings. The summed E-state index contributed by atoms with van der Waals surface area (Å²) in [6, 6.07) is 0. The van der Waals surface area contributed by atoms with Crippen molar-refractivity contribution < 1.29 is 0 Å². The third kappa shape index (κ3) is 1.47. The normalized spacial score (nSPS) is 36.8. The maximum Gasteiger partial charge on any atom is 0.00598 e. The zero-order valence-corrected chi connectivity index (χ0v) is 7.91. The maximum absolute atomic E-state index is 3.47. The number of halogens is 2. The number of alkyl halides is 2. The van der Waals surface area contributed by atoms with E-state index >= 15 is 0 Å². The van der Waals surface area contributed by atoms with Crippen molar-refractivity contribution in [3.05, 3.63) is 0 Å². The minimum absolute atomic E-state index is 0.984. The van der Waals surface area contributed by atoms with Crippen LogP contribution in [0.2, 0.25) is 0 Å². The average molecular weight is 242 g/mol. The van der Waals surface area contributed by atoms with Gasteiger partial charge in [-0.05, 0) is 24.7 Å². The molecule has 48 valence electrons. The summed E-state index contributed by atoms with van der Waals surface area (Å²) in [5, 5.41) is 2.41. The predicted octanol–water partition coefficient (Wildman–Crippen LogP) is 2.80. The summed E-state index contributed by atoms with van der Waals surface area (Å²) >= 11 is 6.94. The Bertz CT molecular complexity index is 58.9. The van der Waals surface area contributed by atoms with Crippen LogP contribution in [0.5, 0.6) is 0 Å². The highest BCUT2D eigenvalue weighted by Crippen LogP contribution is 2.35. The molecule has 0 unspecified atom stereocenters. The molecular formula is C6H10Br2. The van der Waals surface area contributed by atoms with Gasteiger partial charge in [-0.3, -0.25) is 0 Å². The summed E-state index contributed by atoms with van der Waals surface area (Å²) < 4.78 is 0. The molecule has 0 aromatic heterocycles. The van der Waals surface area contributed by atoms with Crippen LogP contribution in [0.3, 0.4) is 0 Å². The minimum Gasteiger partial charge on any atom is -0.0925 e. The third-order valence-corrected chi connectivity index (χ3v) is 3.60. The largest absolute Gasteiger partial charge is 0.0925 e. The van der Waals surface area contributed by atoms with Crippen LogP contribution in [0.15, 0.2) is 0 Å². The predicted molar refractivity (Wildman–Crippen MR) is 43.8 cm³/mol. The van der Waals surface area contributed by atoms with Crippen molar-refractivity contribution in [2.45, 2.75) is 12.8 Å².